The van der Waals surface area contributed by atoms with Gasteiger partial charge in [0.15, 0.2) is 0 Å². The highest BCUT2D eigenvalue weighted by Gasteiger charge is 2.22. The number of aryl methyl sites for hydroxylation is 1. The quantitative estimate of drug-likeness (QED) is 0.804. The van der Waals surface area contributed by atoms with Gasteiger partial charge in [0.1, 0.15) is 5.82 Å². The van der Waals surface area contributed by atoms with E-state index >= 15 is 0 Å². The van der Waals surface area contributed by atoms with Gasteiger partial charge < -0.3 is 15.7 Å². The van der Waals surface area contributed by atoms with Crippen molar-refractivity contribution in [2.75, 3.05) is 23.8 Å². The number of hydrogen-bond donors (Lipinski definition) is 2. The lowest BCUT2D eigenvalue weighted by atomic mass is 10.1. The molecule has 0 bridgehead atoms. The molecule has 17 heavy (non-hydrogen) atoms. The van der Waals surface area contributed by atoms with Gasteiger partial charge in [-0.3, -0.25) is 0 Å². The maximum Gasteiger partial charge on any atom is 0.222 e. The zero-order valence-electron chi connectivity index (χ0n) is 10.3. The Balaban J connectivity index is 2.27. The van der Waals surface area contributed by atoms with E-state index in [9.17, 15) is 5.11 Å². The maximum absolute atomic E-state index is 9.47. The number of aliphatic hydroxyl groups excluding tert-OH is 1. The summed E-state index contributed by atoms with van der Waals surface area (Å²) in [6.45, 7) is 3.01. The Kier molecular flexibility index (Phi) is 3.78. The summed E-state index contributed by atoms with van der Waals surface area (Å²) in [4.78, 5) is 10.5. The first-order valence-electron chi connectivity index (χ1n) is 6.19. The molecule has 0 amide bonds. The maximum atomic E-state index is 9.47. The van der Waals surface area contributed by atoms with E-state index in [1.807, 2.05) is 13.0 Å². The summed E-state index contributed by atoms with van der Waals surface area (Å²) in [7, 11) is 0. The number of nitrogen functional groups attached to an aromatic ring is 1. The summed E-state index contributed by atoms with van der Waals surface area (Å²) in [6, 6.07) is 2.09. The molecule has 5 nitrogen and oxygen atoms in total. The molecule has 94 valence electrons. The SMILES string of the molecule is Cc1cc(N2CCCCCC2CO)nc(N)n1. The average molecular weight is 236 g/mol. The second kappa shape index (κ2) is 5.31. The molecule has 2 heterocycles. The molecule has 1 unspecified atom stereocenters. The largest absolute Gasteiger partial charge is 0.394 e. The molecule has 0 spiro atoms. The molecule has 1 aliphatic rings. The van der Waals surface area contributed by atoms with Crippen LogP contribution in [0.4, 0.5) is 11.8 Å². The van der Waals surface area contributed by atoms with Crippen LogP contribution >= 0.6 is 0 Å². The summed E-state index contributed by atoms with van der Waals surface area (Å²) in [6.07, 6.45) is 4.53. The molecule has 1 aromatic heterocycles. The molecule has 1 aliphatic heterocycles. The standard InChI is InChI=1S/C12H20N4O/c1-9-7-11(15-12(13)14-9)16-6-4-2-3-5-10(16)8-17/h7,10,17H,2-6,8H2,1H3,(H2,13,14,15). The fourth-order valence-corrected chi connectivity index (χ4v) is 2.39. The summed E-state index contributed by atoms with van der Waals surface area (Å²) in [5.41, 5.74) is 6.55. The van der Waals surface area contributed by atoms with E-state index in [1.54, 1.807) is 0 Å². The number of aromatic nitrogens is 2. The molecule has 1 saturated heterocycles. The summed E-state index contributed by atoms with van der Waals surface area (Å²) in [5.74, 6) is 1.15. The molecule has 1 aromatic rings. The number of hydrogen-bond acceptors (Lipinski definition) is 5. The highest BCUT2D eigenvalue weighted by Crippen LogP contribution is 2.23. The van der Waals surface area contributed by atoms with Crippen LogP contribution in [0.2, 0.25) is 0 Å². The third-order valence-corrected chi connectivity index (χ3v) is 3.24. The smallest absolute Gasteiger partial charge is 0.222 e. The van der Waals surface area contributed by atoms with Crippen LogP contribution in [0.15, 0.2) is 6.07 Å². The number of nitrogens with zero attached hydrogens (tertiary/aromatic N) is 3. The first kappa shape index (κ1) is 12.1. The zero-order chi connectivity index (χ0) is 12.3. The number of rotatable bonds is 2. The predicted octanol–water partition coefficient (Wildman–Crippen LogP) is 1.11. The van der Waals surface area contributed by atoms with Crippen LogP contribution in [0.1, 0.15) is 31.4 Å². The fraction of sp³-hybridized carbons (Fsp3) is 0.667. The van der Waals surface area contributed by atoms with Crippen molar-refractivity contribution in [3.8, 4) is 0 Å². The van der Waals surface area contributed by atoms with Crippen LogP contribution in [0.5, 0.6) is 0 Å². The third-order valence-electron chi connectivity index (χ3n) is 3.24. The molecule has 1 fully saturated rings. The van der Waals surface area contributed by atoms with Crippen molar-refractivity contribution in [3.63, 3.8) is 0 Å². The van der Waals surface area contributed by atoms with E-state index in [1.165, 1.54) is 12.8 Å². The lowest BCUT2D eigenvalue weighted by Crippen LogP contribution is -2.38. The van der Waals surface area contributed by atoms with E-state index < -0.39 is 0 Å². The monoisotopic (exact) mass is 236 g/mol. The van der Waals surface area contributed by atoms with E-state index in [4.69, 9.17) is 5.73 Å². The molecule has 0 radical (unpaired) electrons. The Morgan fingerprint density at radius 3 is 2.94 bits per heavy atom. The minimum atomic E-state index is 0.159. The predicted molar refractivity (Wildman–Crippen MR) is 67.9 cm³/mol. The highest BCUT2D eigenvalue weighted by molar-refractivity contribution is 5.44. The lowest BCUT2D eigenvalue weighted by Gasteiger charge is -2.29. The zero-order valence-corrected chi connectivity index (χ0v) is 10.3. The molecular weight excluding hydrogens is 216 g/mol. The Labute approximate surface area is 102 Å². The number of aliphatic hydroxyl groups is 1. The van der Waals surface area contributed by atoms with E-state index in [0.717, 1.165) is 30.9 Å². The molecule has 0 saturated carbocycles. The molecule has 2 rings (SSSR count). The van der Waals surface area contributed by atoms with Crippen LogP contribution in [-0.2, 0) is 0 Å². The van der Waals surface area contributed by atoms with Crippen molar-refractivity contribution in [2.45, 2.75) is 38.6 Å². The van der Waals surface area contributed by atoms with Crippen LogP contribution in [0, 0.1) is 6.92 Å². The fourth-order valence-electron chi connectivity index (χ4n) is 2.39. The van der Waals surface area contributed by atoms with Gasteiger partial charge in [-0.05, 0) is 19.8 Å². The summed E-state index contributed by atoms with van der Waals surface area (Å²) in [5, 5.41) is 9.47. The Morgan fingerprint density at radius 1 is 1.41 bits per heavy atom. The minimum absolute atomic E-state index is 0.159. The minimum Gasteiger partial charge on any atom is -0.394 e. The van der Waals surface area contributed by atoms with Gasteiger partial charge in [-0.25, -0.2) is 4.98 Å². The number of anilines is 2. The van der Waals surface area contributed by atoms with E-state index in [-0.39, 0.29) is 12.6 Å². The third kappa shape index (κ3) is 2.85. The Bertz CT molecular complexity index is 363. The van der Waals surface area contributed by atoms with Gasteiger partial charge in [-0.2, -0.15) is 4.98 Å². The van der Waals surface area contributed by atoms with Gasteiger partial charge >= 0.3 is 0 Å². The van der Waals surface area contributed by atoms with Gasteiger partial charge in [0.2, 0.25) is 5.95 Å². The molecule has 3 N–H and O–H groups in total. The molecule has 0 aromatic carbocycles. The van der Waals surface area contributed by atoms with Crippen molar-refractivity contribution in [2.24, 2.45) is 0 Å². The first-order valence-corrected chi connectivity index (χ1v) is 6.19. The van der Waals surface area contributed by atoms with Crippen LogP contribution in [0.3, 0.4) is 0 Å². The molecular formula is C12H20N4O. The normalized spacial score (nSPS) is 21.3. The van der Waals surface area contributed by atoms with Gasteiger partial charge in [0.05, 0.1) is 12.6 Å². The van der Waals surface area contributed by atoms with Crippen LogP contribution in [0.25, 0.3) is 0 Å². The lowest BCUT2D eigenvalue weighted by molar-refractivity contribution is 0.254. The van der Waals surface area contributed by atoms with Gasteiger partial charge in [0, 0.05) is 18.3 Å². The topological polar surface area (TPSA) is 75.3 Å². The van der Waals surface area contributed by atoms with Gasteiger partial charge in [-0.15, -0.1) is 0 Å². The number of nitrogens with two attached hydrogens (primary N) is 1. The molecule has 0 aliphatic carbocycles. The second-order valence-electron chi connectivity index (χ2n) is 4.60. The van der Waals surface area contributed by atoms with Crippen LogP contribution < -0.4 is 10.6 Å². The molecule has 5 heteroatoms. The van der Waals surface area contributed by atoms with Crippen molar-refractivity contribution in [1.82, 2.24) is 9.97 Å². The van der Waals surface area contributed by atoms with Crippen molar-refractivity contribution < 1.29 is 5.11 Å². The summed E-state index contributed by atoms with van der Waals surface area (Å²) < 4.78 is 0. The van der Waals surface area contributed by atoms with Crippen LogP contribution in [-0.4, -0.2) is 34.3 Å². The second-order valence-corrected chi connectivity index (χ2v) is 4.60. The van der Waals surface area contributed by atoms with Gasteiger partial charge in [-0.1, -0.05) is 12.8 Å². The van der Waals surface area contributed by atoms with E-state index in [2.05, 4.69) is 14.9 Å². The van der Waals surface area contributed by atoms with Gasteiger partial charge in [0.25, 0.3) is 0 Å². The van der Waals surface area contributed by atoms with Crippen molar-refractivity contribution in [1.29, 1.82) is 0 Å². The summed E-state index contributed by atoms with van der Waals surface area (Å²) >= 11 is 0. The first-order chi connectivity index (χ1) is 8.20. The Hall–Kier alpha value is -1.36. The van der Waals surface area contributed by atoms with Crippen molar-refractivity contribution >= 4 is 11.8 Å². The average Bonchev–Trinajstić information content (AvgIpc) is 2.52. The highest BCUT2D eigenvalue weighted by atomic mass is 16.3. The van der Waals surface area contributed by atoms with E-state index in [0.29, 0.717) is 5.95 Å². The van der Waals surface area contributed by atoms with Crippen molar-refractivity contribution in [3.05, 3.63) is 11.8 Å². The molecule has 1 atom stereocenters. The Morgan fingerprint density at radius 2 is 2.24 bits per heavy atom.